The zero-order chi connectivity index (χ0) is 13.2. The number of nitrogens with one attached hydrogen (secondary N) is 1. The summed E-state index contributed by atoms with van der Waals surface area (Å²) in [6, 6.07) is 1.62. The van der Waals surface area contributed by atoms with Crippen molar-refractivity contribution in [2.24, 2.45) is 0 Å². The molecule has 3 rings (SSSR count). The van der Waals surface area contributed by atoms with E-state index in [0.717, 1.165) is 13.0 Å². The van der Waals surface area contributed by atoms with E-state index >= 15 is 0 Å². The molecular formula is C13H15BrFNO3. The van der Waals surface area contributed by atoms with Gasteiger partial charge in [-0.3, -0.25) is 0 Å². The highest BCUT2D eigenvalue weighted by atomic mass is 79.9. The number of hydrogen-bond acceptors (Lipinski definition) is 4. The molecule has 0 aliphatic carbocycles. The Balaban J connectivity index is 2.07. The number of fused-ring (bicyclic) bond motifs is 1. The molecule has 1 saturated heterocycles. The summed E-state index contributed by atoms with van der Waals surface area (Å²) in [5, 5.41) is 3.20. The van der Waals surface area contributed by atoms with E-state index in [2.05, 4.69) is 21.2 Å². The van der Waals surface area contributed by atoms with Gasteiger partial charge < -0.3 is 19.5 Å². The summed E-state index contributed by atoms with van der Waals surface area (Å²) in [7, 11) is 0. The third kappa shape index (κ3) is 2.57. The van der Waals surface area contributed by atoms with Crippen molar-refractivity contribution < 1.29 is 18.6 Å². The summed E-state index contributed by atoms with van der Waals surface area (Å²) in [5.41, 5.74) is 0.443. The van der Waals surface area contributed by atoms with Crippen LogP contribution in [-0.4, -0.2) is 32.9 Å². The Hall–Kier alpha value is -0.850. The molecule has 19 heavy (non-hydrogen) atoms. The largest absolute Gasteiger partial charge is 0.490 e. The molecular weight excluding hydrogens is 317 g/mol. The number of ether oxygens (including phenoxy) is 3. The van der Waals surface area contributed by atoms with Gasteiger partial charge in [0.25, 0.3) is 0 Å². The zero-order valence-electron chi connectivity index (χ0n) is 10.4. The van der Waals surface area contributed by atoms with Crippen LogP contribution in [0.25, 0.3) is 0 Å². The van der Waals surface area contributed by atoms with Crippen molar-refractivity contribution >= 4 is 15.9 Å². The first-order valence-corrected chi connectivity index (χ1v) is 7.16. The highest BCUT2D eigenvalue weighted by molar-refractivity contribution is 9.10. The Bertz CT molecular complexity index is 477. The quantitative estimate of drug-likeness (QED) is 0.857. The van der Waals surface area contributed by atoms with Crippen LogP contribution in [0.3, 0.4) is 0 Å². The van der Waals surface area contributed by atoms with Crippen molar-refractivity contribution in [2.75, 3.05) is 32.9 Å². The normalized spacial score (nSPS) is 22.9. The molecule has 4 nitrogen and oxygen atoms in total. The fourth-order valence-electron chi connectivity index (χ4n) is 2.31. The molecule has 1 aromatic carbocycles. The Morgan fingerprint density at radius 1 is 1.26 bits per heavy atom. The number of hydrogen-bond donors (Lipinski definition) is 1. The molecule has 2 heterocycles. The molecule has 0 spiro atoms. The van der Waals surface area contributed by atoms with Gasteiger partial charge in [0.15, 0.2) is 11.5 Å². The van der Waals surface area contributed by atoms with Gasteiger partial charge in [-0.05, 0) is 15.9 Å². The minimum Gasteiger partial charge on any atom is -0.490 e. The van der Waals surface area contributed by atoms with Gasteiger partial charge in [0, 0.05) is 25.6 Å². The molecule has 0 aromatic heterocycles. The first kappa shape index (κ1) is 13.1. The smallest absolute Gasteiger partial charge is 0.170 e. The molecule has 6 heteroatoms. The van der Waals surface area contributed by atoms with E-state index in [1.165, 1.54) is 0 Å². The number of benzene rings is 1. The molecule has 2 aliphatic rings. The van der Waals surface area contributed by atoms with E-state index in [-0.39, 0.29) is 11.9 Å². The lowest BCUT2D eigenvalue weighted by Gasteiger charge is -2.26. The minimum absolute atomic E-state index is 0.335. The molecule has 1 unspecified atom stereocenters. The summed E-state index contributed by atoms with van der Waals surface area (Å²) in [6.07, 6.45) is 0.443. The maximum Gasteiger partial charge on any atom is 0.170 e. The Kier molecular flexibility index (Phi) is 3.91. The Morgan fingerprint density at radius 3 is 2.89 bits per heavy atom. The van der Waals surface area contributed by atoms with E-state index in [4.69, 9.17) is 14.2 Å². The van der Waals surface area contributed by atoms with Gasteiger partial charge in [-0.1, -0.05) is 0 Å². The number of rotatable bonds is 1. The fourth-order valence-corrected chi connectivity index (χ4v) is 2.74. The van der Waals surface area contributed by atoms with Crippen molar-refractivity contribution in [3.05, 3.63) is 21.9 Å². The molecule has 1 aromatic rings. The highest BCUT2D eigenvalue weighted by Crippen LogP contribution is 2.43. The molecule has 0 saturated carbocycles. The topological polar surface area (TPSA) is 39.7 Å². The van der Waals surface area contributed by atoms with Crippen LogP contribution in [0.15, 0.2) is 10.5 Å². The van der Waals surface area contributed by atoms with Crippen molar-refractivity contribution in [1.82, 2.24) is 5.32 Å². The summed E-state index contributed by atoms with van der Waals surface area (Å²) >= 11 is 3.23. The fraction of sp³-hybridized carbons (Fsp3) is 0.538. The van der Waals surface area contributed by atoms with Crippen molar-refractivity contribution in [3.8, 4) is 11.5 Å². The van der Waals surface area contributed by atoms with E-state index in [1.54, 1.807) is 6.07 Å². The maximum absolute atomic E-state index is 14.4. The third-order valence-corrected chi connectivity index (χ3v) is 3.79. The van der Waals surface area contributed by atoms with Crippen LogP contribution in [0, 0.1) is 5.82 Å². The van der Waals surface area contributed by atoms with Crippen LogP contribution in [0.1, 0.15) is 18.1 Å². The Morgan fingerprint density at radius 2 is 2.11 bits per heavy atom. The summed E-state index contributed by atoms with van der Waals surface area (Å²) < 4.78 is 31.7. The van der Waals surface area contributed by atoms with Crippen LogP contribution in [0.4, 0.5) is 4.39 Å². The molecule has 0 amide bonds. The predicted octanol–water partition coefficient (Wildman–Crippen LogP) is 2.41. The van der Waals surface area contributed by atoms with Crippen molar-refractivity contribution in [1.29, 1.82) is 0 Å². The predicted molar refractivity (Wildman–Crippen MR) is 71.3 cm³/mol. The van der Waals surface area contributed by atoms with Gasteiger partial charge in [-0.25, -0.2) is 4.39 Å². The monoisotopic (exact) mass is 331 g/mol. The molecule has 1 fully saturated rings. The van der Waals surface area contributed by atoms with Crippen LogP contribution < -0.4 is 14.8 Å². The van der Waals surface area contributed by atoms with Gasteiger partial charge in [-0.2, -0.15) is 0 Å². The lowest BCUT2D eigenvalue weighted by atomic mass is 10.1. The molecule has 0 radical (unpaired) electrons. The second kappa shape index (κ2) is 5.64. The van der Waals surface area contributed by atoms with Crippen LogP contribution in [0.5, 0.6) is 11.5 Å². The summed E-state index contributed by atoms with van der Waals surface area (Å²) in [5.74, 6) is 0.722. The van der Waals surface area contributed by atoms with E-state index in [1.807, 2.05) is 0 Å². The lowest BCUT2D eigenvalue weighted by Crippen LogP contribution is -2.34. The van der Waals surface area contributed by atoms with Gasteiger partial charge in [0.05, 0.1) is 29.9 Å². The second-order valence-electron chi connectivity index (χ2n) is 4.53. The van der Waals surface area contributed by atoms with Crippen LogP contribution in [0.2, 0.25) is 0 Å². The van der Waals surface area contributed by atoms with E-state index in [9.17, 15) is 4.39 Å². The van der Waals surface area contributed by atoms with Gasteiger partial charge >= 0.3 is 0 Å². The van der Waals surface area contributed by atoms with E-state index < -0.39 is 0 Å². The molecule has 104 valence electrons. The molecule has 1 N–H and O–H groups in total. The average molecular weight is 332 g/mol. The van der Waals surface area contributed by atoms with Gasteiger partial charge in [0.2, 0.25) is 0 Å². The average Bonchev–Trinajstić information content (AvgIpc) is 2.66. The molecule has 2 aliphatic heterocycles. The summed E-state index contributed by atoms with van der Waals surface area (Å²) in [6.45, 7) is 3.02. The molecule has 1 atom stereocenters. The Labute approximate surface area is 119 Å². The standard InChI is InChI=1S/C13H15BrFNO3/c14-8-6-9-13(19-4-1-3-17-9)11(12(8)15)10-7-16-2-5-18-10/h6,10,16H,1-5,7H2. The first-order valence-electron chi connectivity index (χ1n) is 6.37. The lowest BCUT2D eigenvalue weighted by molar-refractivity contribution is 0.0235. The van der Waals surface area contributed by atoms with E-state index in [0.29, 0.717) is 47.9 Å². The molecule has 0 bridgehead atoms. The zero-order valence-corrected chi connectivity index (χ0v) is 12.0. The van der Waals surface area contributed by atoms with Crippen LogP contribution >= 0.6 is 15.9 Å². The highest BCUT2D eigenvalue weighted by Gasteiger charge is 2.29. The number of halogens is 2. The number of morpholine rings is 1. The van der Waals surface area contributed by atoms with Crippen LogP contribution in [-0.2, 0) is 4.74 Å². The van der Waals surface area contributed by atoms with Gasteiger partial charge in [0.1, 0.15) is 11.9 Å². The maximum atomic E-state index is 14.4. The SMILES string of the molecule is Fc1c(Br)cc2c(c1C1CNCCO1)OCCCO2. The van der Waals surface area contributed by atoms with Crippen molar-refractivity contribution in [2.45, 2.75) is 12.5 Å². The minimum atomic E-state index is -0.346. The first-order chi connectivity index (χ1) is 9.27. The van der Waals surface area contributed by atoms with Gasteiger partial charge in [-0.15, -0.1) is 0 Å². The second-order valence-corrected chi connectivity index (χ2v) is 5.38. The summed E-state index contributed by atoms with van der Waals surface area (Å²) in [4.78, 5) is 0. The van der Waals surface area contributed by atoms with Crippen molar-refractivity contribution in [3.63, 3.8) is 0 Å². The third-order valence-electron chi connectivity index (χ3n) is 3.21.